The predicted molar refractivity (Wildman–Crippen MR) is 105 cm³/mol. The third kappa shape index (κ3) is 4.69. The Balaban J connectivity index is 1.41. The SMILES string of the molecule is NS(=O)(=O)c1ccc(-n2cc(COc3ccnc(N4CCCCC4)n3)nn2)cc1. The molecule has 3 aromatic rings. The first-order valence-electron chi connectivity index (χ1n) is 9.24. The molecule has 1 saturated heterocycles. The van der Waals surface area contributed by atoms with Crippen LogP contribution in [0.15, 0.2) is 47.6 Å². The van der Waals surface area contributed by atoms with Crippen molar-refractivity contribution in [3.8, 4) is 11.6 Å². The highest BCUT2D eigenvalue weighted by atomic mass is 32.2. The monoisotopic (exact) mass is 415 g/mol. The van der Waals surface area contributed by atoms with E-state index in [9.17, 15) is 8.42 Å². The number of rotatable bonds is 6. The lowest BCUT2D eigenvalue weighted by atomic mass is 10.1. The molecule has 1 aliphatic heterocycles. The van der Waals surface area contributed by atoms with Gasteiger partial charge in [-0.15, -0.1) is 5.10 Å². The van der Waals surface area contributed by atoms with E-state index in [1.54, 1.807) is 30.6 Å². The largest absolute Gasteiger partial charge is 0.471 e. The van der Waals surface area contributed by atoms with Gasteiger partial charge in [0.2, 0.25) is 21.9 Å². The molecular formula is C18H21N7O3S. The summed E-state index contributed by atoms with van der Waals surface area (Å²) in [6.07, 6.45) is 6.94. The van der Waals surface area contributed by atoms with Crippen LogP contribution >= 0.6 is 0 Å². The molecule has 4 rings (SSSR count). The summed E-state index contributed by atoms with van der Waals surface area (Å²) in [6.45, 7) is 2.12. The molecule has 1 aliphatic rings. The normalized spacial score (nSPS) is 14.7. The van der Waals surface area contributed by atoms with E-state index in [-0.39, 0.29) is 11.5 Å². The maximum atomic E-state index is 11.3. The highest BCUT2D eigenvalue weighted by molar-refractivity contribution is 7.89. The number of hydrogen-bond acceptors (Lipinski definition) is 8. The van der Waals surface area contributed by atoms with Crippen molar-refractivity contribution in [1.29, 1.82) is 0 Å². The van der Waals surface area contributed by atoms with Gasteiger partial charge in [-0.2, -0.15) is 4.98 Å². The van der Waals surface area contributed by atoms with E-state index >= 15 is 0 Å². The van der Waals surface area contributed by atoms with Gasteiger partial charge >= 0.3 is 0 Å². The van der Waals surface area contributed by atoms with E-state index < -0.39 is 10.0 Å². The average Bonchev–Trinajstić information content (AvgIpc) is 3.22. The maximum absolute atomic E-state index is 11.3. The Morgan fingerprint density at radius 1 is 1.07 bits per heavy atom. The van der Waals surface area contributed by atoms with Crippen LogP contribution in [0.2, 0.25) is 0 Å². The first kappa shape index (κ1) is 19.3. The summed E-state index contributed by atoms with van der Waals surface area (Å²) in [5, 5.41) is 13.2. The molecule has 1 fully saturated rings. The Labute approximate surface area is 168 Å². The molecule has 0 aliphatic carbocycles. The van der Waals surface area contributed by atoms with Crippen LogP contribution in [0.5, 0.6) is 5.88 Å². The molecule has 152 valence electrons. The molecule has 0 radical (unpaired) electrons. The Hall–Kier alpha value is -3.05. The Kier molecular flexibility index (Phi) is 5.41. The van der Waals surface area contributed by atoms with Gasteiger partial charge in [-0.1, -0.05) is 5.21 Å². The van der Waals surface area contributed by atoms with Gasteiger partial charge in [0.1, 0.15) is 12.3 Å². The number of nitrogens with zero attached hydrogens (tertiary/aromatic N) is 6. The zero-order chi connectivity index (χ0) is 20.3. The van der Waals surface area contributed by atoms with E-state index in [1.807, 2.05) is 0 Å². The van der Waals surface area contributed by atoms with E-state index in [0.717, 1.165) is 25.9 Å². The standard InChI is InChI=1S/C18H21N7O3S/c19-29(26,27)16-6-4-15(5-7-16)25-12-14(22-23-25)13-28-17-8-9-20-18(21-17)24-10-2-1-3-11-24/h4-9,12H,1-3,10-11,13H2,(H2,19,26,27). The van der Waals surface area contributed by atoms with Crippen LogP contribution in [0.1, 0.15) is 25.0 Å². The second-order valence-electron chi connectivity index (χ2n) is 6.72. The highest BCUT2D eigenvalue weighted by Crippen LogP contribution is 2.18. The minimum Gasteiger partial charge on any atom is -0.471 e. The molecule has 0 amide bonds. The third-order valence-electron chi connectivity index (χ3n) is 4.59. The summed E-state index contributed by atoms with van der Waals surface area (Å²) in [5.74, 6) is 1.16. The Bertz CT molecular complexity index is 1080. The molecule has 0 unspecified atom stereocenters. The van der Waals surface area contributed by atoms with Crippen molar-refractivity contribution >= 4 is 16.0 Å². The number of hydrogen-bond donors (Lipinski definition) is 1. The molecular weight excluding hydrogens is 394 g/mol. The van der Waals surface area contributed by atoms with Crippen LogP contribution in [0.4, 0.5) is 5.95 Å². The summed E-state index contributed by atoms with van der Waals surface area (Å²) in [5.41, 5.74) is 1.27. The van der Waals surface area contributed by atoms with Crippen molar-refractivity contribution in [3.63, 3.8) is 0 Å². The quantitative estimate of drug-likeness (QED) is 0.637. The molecule has 11 heteroatoms. The number of benzene rings is 1. The van der Waals surface area contributed by atoms with Gasteiger partial charge in [-0.3, -0.25) is 0 Å². The molecule has 0 saturated carbocycles. The summed E-state index contributed by atoms with van der Waals surface area (Å²) in [7, 11) is -3.73. The van der Waals surface area contributed by atoms with Crippen molar-refractivity contribution in [3.05, 3.63) is 48.4 Å². The van der Waals surface area contributed by atoms with Gasteiger partial charge < -0.3 is 9.64 Å². The van der Waals surface area contributed by atoms with E-state index in [0.29, 0.717) is 23.2 Å². The molecule has 2 aromatic heterocycles. The minimum atomic E-state index is -3.73. The molecule has 3 heterocycles. The fourth-order valence-electron chi connectivity index (χ4n) is 3.09. The van der Waals surface area contributed by atoms with E-state index in [4.69, 9.17) is 9.88 Å². The molecule has 1 aromatic carbocycles. The zero-order valence-electron chi connectivity index (χ0n) is 15.7. The van der Waals surface area contributed by atoms with Crippen LogP contribution < -0.4 is 14.8 Å². The summed E-state index contributed by atoms with van der Waals surface area (Å²) >= 11 is 0. The first-order chi connectivity index (χ1) is 14.0. The second kappa shape index (κ2) is 8.13. The fourth-order valence-corrected chi connectivity index (χ4v) is 3.60. The van der Waals surface area contributed by atoms with E-state index in [1.165, 1.54) is 23.2 Å². The predicted octanol–water partition coefficient (Wildman–Crippen LogP) is 1.27. The van der Waals surface area contributed by atoms with Crippen molar-refractivity contribution in [2.75, 3.05) is 18.0 Å². The van der Waals surface area contributed by atoms with Crippen molar-refractivity contribution in [2.24, 2.45) is 5.14 Å². The number of anilines is 1. The molecule has 0 spiro atoms. The summed E-state index contributed by atoms with van der Waals surface area (Å²) in [4.78, 5) is 11.0. The first-order valence-corrected chi connectivity index (χ1v) is 10.8. The number of primary sulfonamides is 1. The maximum Gasteiger partial charge on any atom is 0.238 e. The van der Waals surface area contributed by atoms with Crippen molar-refractivity contribution in [2.45, 2.75) is 30.8 Å². The molecule has 0 bridgehead atoms. The van der Waals surface area contributed by atoms with Crippen LogP contribution in [0.3, 0.4) is 0 Å². The second-order valence-corrected chi connectivity index (χ2v) is 8.29. The number of aromatic nitrogens is 5. The van der Waals surface area contributed by atoms with Crippen molar-refractivity contribution in [1.82, 2.24) is 25.0 Å². The number of nitrogens with two attached hydrogens (primary N) is 1. The molecule has 0 atom stereocenters. The lowest BCUT2D eigenvalue weighted by Crippen LogP contribution is -2.30. The number of ether oxygens (including phenoxy) is 1. The Morgan fingerprint density at radius 2 is 1.83 bits per heavy atom. The van der Waals surface area contributed by atoms with E-state index in [2.05, 4.69) is 25.2 Å². The van der Waals surface area contributed by atoms with Gasteiger partial charge in [0.05, 0.1) is 16.8 Å². The van der Waals surface area contributed by atoms with Crippen LogP contribution in [-0.4, -0.2) is 46.5 Å². The molecule has 29 heavy (non-hydrogen) atoms. The van der Waals surface area contributed by atoms with Gasteiger partial charge in [0.25, 0.3) is 0 Å². The number of piperidine rings is 1. The molecule has 10 nitrogen and oxygen atoms in total. The topological polar surface area (TPSA) is 129 Å². The zero-order valence-corrected chi connectivity index (χ0v) is 16.5. The van der Waals surface area contributed by atoms with Gasteiger partial charge in [-0.05, 0) is 43.5 Å². The van der Waals surface area contributed by atoms with Crippen molar-refractivity contribution < 1.29 is 13.2 Å². The average molecular weight is 415 g/mol. The Morgan fingerprint density at radius 3 is 2.55 bits per heavy atom. The minimum absolute atomic E-state index is 0.0400. The van der Waals surface area contributed by atoms with Gasteiger partial charge in [-0.25, -0.2) is 23.2 Å². The summed E-state index contributed by atoms with van der Waals surface area (Å²) < 4.78 is 30.0. The third-order valence-corrected chi connectivity index (χ3v) is 5.52. The highest BCUT2D eigenvalue weighted by Gasteiger charge is 2.14. The van der Waals surface area contributed by atoms with Crippen LogP contribution in [-0.2, 0) is 16.6 Å². The smallest absolute Gasteiger partial charge is 0.238 e. The fraction of sp³-hybridized carbons (Fsp3) is 0.333. The lowest BCUT2D eigenvalue weighted by Gasteiger charge is -2.26. The van der Waals surface area contributed by atoms with Crippen LogP contribution in [0.25, 0.3) is 5.69 Å². The summed E-state index contributed by atoms with van der Waals surface area (Å²) in [6, 6.07) is 7.77. The lowest BCUT2D eigenvalue weighted by molar-refractivity contribution is 0.288. The van der Waals surface area contributed by atoms with Crippen LogP contribution in [0, 0.1) is 0 Å². The number of sulfonamides is 1. The van der Waals surface area contributed by atoms with Gasteiger partial charge in [0, 0.05) is 25.4 Å². The van der Waals surface area contributed by atoms with Gasteiger partial charge in [0.15, 0.2) is 0 Å². The molecule has 2 N–H and O–H groups in total.